The quantitative estimate of drug-likeness (QED) is 0.389. The van der Waals surface area contributed by atoms with Gasteiger partial charge in [0, 0.05) is 23.4 Å². The van der Waals surface area contributed by atoms with Crippen molar-refractivity contribution in [3.63, 3.8) is 0 Å². The minimum atomic E-state index is 0.0185. The minimum absolute atomic E-state index is 0.0185. The second kappa shape index (κ2) is 7.98. The zero-order valence-electron chi connectivity index (χ0n) is 17.9. The summed E-state index contributed by atoms with van der Waals surface area (Å²) in [7, 11) is 0. The molecule has 1 fully saturated rings. The van der Waals surface area contributed by atoms with Crippen LogP contribution in [0.1, 0.15) is 18.4 Å². The van der Waals surface area contributed by atoms with Crippen molar-refractivity contribution >= 4 is 23.4 Å². The van der Waals surface area contributed by atoms with Gasteiger partial charge in [0.2, 0.25) is 11.9 Å². The van der Waals surface area contributed by atoms with Crippen LogP contribution in [-0.4, -0.2) is 35.1 Å². The van der Waals surface area contributed by atoms with Crippen LogP contribution in [0, 0.1) is 0 Å². The first-order chi connectivity index (χ1) is 16.3. The van der Waals surface area contributed by atoms with Gasteiger partial charge in [0.25, 0.3) is 0 Å². The zero-order chi connectivity index (χ0) is 22.1. The summed E-state index contributed by atoms with van der Waals surface area (Å²) in [6, 6.07) is 24.3. The number of rotatable bonds is 7. The lowest BCUT2D eigenvalue weighted by Crippen LogP contribution is -2.25. The summed E-state index contributed by atoms with van der Waals surface area (Å²) in [6.45, 7) is 0. The highest BCUT2D eigenvalue weighted by Crippen LogP contribution is 2.41. The van der Waals surface area contributed by atoms with Crippen molar-refractivity contribution in [1.29, 1.82) is 0 Å². The van der Waals surface area contributed by atoms with Gasteiger partial charge < -0.3 is 10.6 Å². The SMILES string of the molecule is c1ccc(CC2(Nc3nccc(Nc4nc(-c5ccccc5)cc5ncnn45)n3)CC2)cc1. The van der Waals surface area contributed by atoms with Crippen LogP contribution in [0.5, 0.6) is 0 Å². The molecule has 8 heteroatoms. The van der Waals surface area contributed by atoms with E-state index >= 15 is 0 Å². The van der Waals surface area contributed by atoms with Gasteiger partial charge in [-0.05, 0) is 30.9 Å². The molecule has 1 aliphatic carbocycles. The summed E-state index contributed by atoms with van der Waals surface area (Å²) in [4.78, 5) is 18.3. The molecule has 6 rings (SSSR count). The summed E-state index contributed by atoms with van der Waals surface area (Å²) in [5.41, 5.74) is 3.86. The van der Waals surface area contributed by atoms with Crippen LogP contribution < -0.4 is 10.6 Å². The Kier molecular flexibility index (Phi) is 4.68. The molecule has 8 nitrogen and oxygen atoms in total. The molecule has 162 valence electrons. The molecule has 1 saturated carbocycles. The maximum Gasteiger partial charge on any atom is 0.232 e. The number of fused-ring (bicyclic) bond motifs is 1. The van der Waals surface area contributed by atoms with E-state index in [4.69, 9.17) is 9.97 Å². The largest absolute Gasteiger partial charge is 0.348 e. The summed E-state index contributed by atoms with van der Waals surface area (Å²) >= 11 is 0. The van der Waals surface area contributed by atoms with Gasteiger partial charge in [0.15, 0.2) is 5.65 Å². The average molecular weight is 435 g/mol. The predicted octanol–water partition coefficient (Wildman–Crippen LogP) is 4.51. The Bertz CT molecular complexity index is 1390. The summed E-state index contributed by atoms with van der Waals surface area (Å²) in [5.74, 6) is 1.78. The number of benzene rings is 2. The van der Waals surface area contributed by atoms with Crippen LogP contribution in [0.3, 0.4) is 0 Å². The predicted molar refractivity (Wildman–Crippen MR) is 127 cm³/mol. The van der Waals surface area contributed by atoms with Gasteiger partial charge in [-0.2, -0.15) is 14.6 Å². The third kappa shape index (κ3) is 4.10. The number of nitrogens with zero attached hydrogens (tertiary/aromatic N) is 6. The van der Waals surface area contributed by atoms with Crippen LogP contribution in [0.2, 0.25) is 0 Å². The van der Waals surface area contributed by atoms with E-state index in [2.05, 4.69) is 50.0 Å². The standard InChI is InChI=1S/C25H22N8/c1-3-7-18(8-4-1)16-25(12-13-25)32-23-26-14-11-21(30-23)31-24-29-20(19-9-5-2-6-10-19)15-22-27-17-28-33(22)24/h1-11,14-15,17H,12-13,16H2,(H2,26,29,30,31,32). The van der Waals surface area contributed by atoms with Gasteiger partial charge in [-0.25, -0.2) is 15.0 Å². The van der Waals surface area contributed by atoms with Crippen molar-refractivity contribution in [3.8, 4) is 11.3 Å². The molecule has 3 heterocycles. The third-order valence-corrected chi connectivity index (χ3v) is 5.85. The monoisotopic (exact) mass is 434 g/mol. The zero-order valence-corrected chi connectivity index (χ0v) is 17.9. The summed E-state index contributed by atoms with van der Waals surface area (Å²) < 4.78 is 1.67. The number of nitrogens with one attached hydrogen (secondary N) is 2. The molecular formula is C25H22N8. The highest BCUT2D eigenvalue weighted by atomic mass is 15.4. The fourth-order valence-electron chi connectivity index (χ4n) is 3.99. The van der Waals surface area contributed by atoms with Gasteiger partial charge >= 0.3 is 0 Å². The first kappa shape index (κ1) is 19.4. The van der Waals surface area contributed by atoms with Gasteiger partial charge in [0.1, 0.15) is 12.1 Å². The number of hydrogen-bond donors (Lipinski definition) is 2. The molecular weight excluding hydrogens is 412 g/mol. The van der Waals surface area contributed by atoms with E-state index in [1.165, 1.54) is 11.9 Å². The number of anilines is 3. The van der Waals surface area contributed by atoms with E-state index in [0.717, 1.165) is 30.5 Å². The molecule has 33 heavy (non-hydrogen) atoms. The Morgan fingerprint density at radius 1 is 0.879 bits per heavy atom. The van der Waals surface area contributed by atoms with Crippen LogP contribution in [-0.2, 0) is 6.42 Å². The van der Waals surface area contributed by atoms with Crippen molar-refractivity contribution in [2.75, 3.05) is 10.6 Å². The first-order valence-corrected chi connectivity index (χ1v) is 10.9. The van der Waals surface area contributed by atoms with Crippen molar-refractivity contribution in [2.45, 2.75) is 24.8 Å². The minimum Gasteiger partial charge on any atom is -0.348 e. The molecule has 2 aromatic carbocycles. The van der Waals surface area contributed by atoms with Crippen molar-refractivity contribution < 1.29 is 0 Å². The molecule has 0 spiro atoms. The molecule has 2 N–H and O–H groups in total. The van der Waals surface area contributed by atoms with E-state index < -0.39 is 0 Å². The van der Waals surface area contributed by atoms with Crippen LogP contribution >= 0.6 is 0 Å². The molecule has 0 amide bonds. The number of aromatic nitrogens is 6. The van der Waals surface area contributed by atoms with E-state index in [1.807, 2.05) is 48.5 Å². The van der Waals surface area contributed by atoms with E-state index in [-0.39, 0.29) is 5.54 Å². The fraction of sp³-hybridized carbons (Fsp3) is 0.160. The second-order valence-corrected chi connectivity index (χ2v) is 8.32. The molecule has 0 atom stereocenters. The van der Waals surface area contributed by atoms with E-state index in [9.17, 15) is 0 Å². The van der Waals surface area contributed by atoms with Gasteiger partial charge in [-0.15, -0.1) is 0 Å². The molecule has 3 aromatic heterocycles. The molecule has 0 unspecified atom stereocenters. The third-order valence-electron chi connectivity index (χ3n) is 5.85. The second-order valence-electron chi connectivity index (χ2n) is 8.32. The molecule has 0 aliphatic heterocycles. The Labute approximate surface area is 190 Å². The highest BCUT2D eigenvalue weighted by molar-refractivity contribution is 5.66. The highest BCUT2D eigenvalue weighted by Gasteiger charge is 2.43. The number of hydrogen-bond acceptors (Lipinski definition) is 7. The Hall–Kier alpha value is -4.33. The maximum absolute atomic E-state index is 4.78. The normalized spacial score (nSPS) is 14.2. The Morgan fingerprint density at radius 2 is 1.67 bits per heavy atom. The molecule has 5 aromatic rings. The van der Waals surface area contributed by atoms with Gasteiger partial charge in [-0.1, -0.05) is 60.7 Å². The van der Waals surface area contributed by atoms with Crippen LogP contribution in [0.25, 0.3) is 16.9 Å². The molecule has 0 bridgehead atoms. The smallest absolute Gasteiger partial charge is 0.232 e. The lowest BCUT2D eigenvalue weighted by atomic mass is 10.0. The fourth-order valence-corrected chi connectivity index (χ4v) is 3.99. The summed E-state index contributed by atoms with van der Waals surface area (Å²) in [6.07, 6.45) is 6.42. The van der Waals surface area contributed by atoms with Crippen LogP contribution in [0.15, 0.2) is 85.3 Å². The molecule has 0 radical (unpaired) electrons. The summed E-state index contributed by atoms with van der Waals surface area (Å²) in [5, 5.41) is 11.2. The average Bonchev–Trinajstić information content (AvgIpc) is 3.41. The van der Waals surface area contributed by atoms with Crippen LogP contribution in [0.4, 0.5) is 17.7 Å². The molecule has 0 saturated heterocycles. The Balaban J connectivity index is 1.26. The Morgan fingerprint density at radius 3 is 2.45 bits per heavy atom. The van der Waals surface area contributed by atoms with Crippen molar-refractivity contribution in [1.82, 2.24) is 29.5 Å². The van der Waals surface area contributed by atoms with Gasteiger partial charge in [0.05, 0.1) is 5.69 Å². The van der Waals surface area contributed by atoms with E-state index in [0.29, 0.717) is 23.4 Å². The lowest BCUT2D eigenvalue weighted by Gasteiger charge is -2.18. The van der Waals surface area contributed by atoms with E-state index in [1.54, 1.807) is 10.7 Å². The topological polar surface area (TPSA) is 92.9 Å². The van der Waals surface area contributed by atoms with Crippen molar-refractivity contribution in [2.24, 2.45) is 0 Å². The van der Waals surface area contributed by atoms with Crippen molar-refractivity contribution in [3.05, 3.63) is 90.9 Å². The molecule has 1 aliphatic rings. The van der Waals surface area contributed by atoms with Gasteiger partial charge in [-0.3, -0.25) is 0 Å². The first-order valence-electron chi connectivity index (χ1n) is 10.9. The lowest BCUT2D eigenvalue weighted by molar-refractivity contribution is 0.715. The maximum atomic E-state index is 4.78.